The number of aromatic nitrogens is 4. The summed E-state index contributed by atoms with van der Waals surface area (Å²) in [4.78, 5) is 0. The molecule has 1 heterocycles. The summed E-state index contributed by atoms with van der Waals surface area (Å²) in [7, 11) is -3.57. The van der Waals surface area contributed by atoms with E-state index in [0.29, 0.717) is 11.1 Å². The Hall–Kier alpha value is -2.31. The van der Waals surface area contributed by atoms with E-state index in [1.807, 2.05) is 6.07 Å². The lowest BCUT2D eigenvalue weighted by Gasteiger charge is -2.06. The summed E-state index contributed by atoms with van der Waals surface area (Å²) in [5, 5.41) is 21.7. The Morgan fingerprint density at radius 2 is 2.16 bits per heavy atom. The van der Waals surface area contributed by atoms with E-state index >= 15 is 0 Å². The van der Waals surface area contributed by atoms with E-state index < -0.39 is 10.0 Å². The van der Waals surface area contributed by atoms with Crippen molar-refractivity contribution in [3.05, 3.63) is 41.2 Å². The summed E-state index contributed by atoms with van der Waals surface area (Å²) in [6.07, 6.45) is 0. The molecule has 0 saturated carbocycles. The first-order chi connectivity index (χ1) is 9.11. The molecule has 19 heavy (non-hydrogen) atoms. The normalized spacial score (nSPS) is 11.1. The first-order valence-corrected chi connectivity index (χ1v) is 6.93. The van der Waals surface area contributed by atoms with E-state index in [1.165, 1.54) is 0 Å². The van der Waals surface area contributed by atoms with Gasteiger partial charge in [0.25, 0.3) is 0 Å². The first kappa shape index (κ1) is 13.1. The molecule has 0 fully saturated rings. The van der Waals surface area contributed by atoms with Crippen LogP contribution in [-0.4, -0.2) is 29.0 Å². The quantitative estimate of drug-likeness (QED) is 0.773. The number of nitriles is 1. The molecule has 1 aromatic carbocycles. The van der Waals surface area contributed by atoms with Gasteiger partial charge in [-0.2, -0.15) is 10.5 Å². The summed E-state index contributed by atoms with van der Waals surface area (Å²) in [6, 6.07) is 8.50. The van der Waals surface area contributed by atoms with Gasteiger partial charge in [-0.15, -0.1) is 10.2 Å². The van der Waals surface area contributed by atoms with Crippen LogP contribution in [0.4, 0.5) is 0 Å². The van der Waals surface area contributed by atoms with Gasteiger partial charge in [0.05, 0.1) is 23.9 Å². The van der Waals surface area contributed by atoms with Crippen LogP contribution in [0.25, 0.3) is 0 Å². The molecule has 8 nitrogen and oxygen atoms in total. The van der Waals surface area contributed by atoms with Crippen LogP contribution in [0.2, 0.25) is 0 Å². The SMILES string of the molecule is N#Cc1ccccc1CS(=O)(=O)NCc1nn[nH]n1. The highest BCUT2D eigenvalue weighted by atomic mass is 32.2. The third kappa shape index (κ3) is 3.57. The number of tetrazole rings is 1. The van der Waals surface area contributed by atoms with Gasteiger partial charge < -0.3 is 0 Å². The second kappa shape index (κ2) is 5.55. The van der Waals surface area contributed by atoms with Gasteiger partial charge in [-0.25, -0.2) is 13.1 Å². The number of hydrogen-bond donors (Lipinski definition) is 2. The molecule has 0 atom stereocenters. The highest BCUT2D eigenvalue weighted by molar-refractivity contribution is 7.88. The standard InChI is InChI=1S/C10H10N6O2S/c11-5-8-3-1-2-4-9(8)7-19(17,18)12-6-10-13-15-16-14-10/h1-4,12H,6-7H2,(H,13,14,15,16). The molecule has 9 heteroatoms. The molecule has 0 aliphatic heterocycles. The van der Waals surface area contributed by atoms with Crippen molar-refractivity contribution in [2.24, 2.45) is 0 Å². The van der Waals surface area contributed by atoms with E-state index in [2.05, 4.69) is 25.3 Å². The molecule has 1 aromatic heterocycles. The van der Waals surface area contributed by atoms with Crippen molar-refractivity contribution < 1.29 is 8.42 Å². The molecule has 0 radical (unpaired) electrons. The fraction of sp³-hybridized carbons (Fsp3) is 0.200. The summed E-state index contributed by atoms with van der Waals surface area (Å²) in [6.45, 7) is -0.0481. The number of hydrogen-bond acceptors (Lipinski definition) is 6. The summed E-state index contributed by atoms with van der Waals surface area (Å²) in [5.74, 6) is -0.0219. The van der Waals surface area contributed by atoms with Crippen LogP contribution >= 0.6 is 0 Å². The van der Waals surface area contributed by atoms with Gasteiger partial charge in [0, 0.05) is 0 Å². The number of sulfonamides is 1. The number of aromatic amines is 1. The third-order valence-corrected chi connectivity index (χ3v) is 3.60. The van der Waals surface area contributed by atoms with Crippen molar-refractivity contribution in [3.63, 3.8) is 0 Å². The lowest BCUT2D eigenvalue weighted by molar-refractivity contribution is 0.578. The molecule has 98 valence electrons. The van der Waals surface area contributed by atoms with E-state index in [0.717, 1.165) is 0 Å². The Morgan fingerprint density at radius 1 is 1.37 bits per heavy atom. The highest BCUT2D eigenvalue weighted by Gasteiger charge is 2.14. The van der Waals surface area contributed by atoms with Crippen molar-refractivity contribution in [2.45, 2.75) is 12.3 Å². The largest absolute Gasteiger partial charge is 0.216 e. The molecule has 2 N–H and O–H groups in total. The molecule has 0 spiro atoms. The Labute approximate surface area is 109 Å². The van der Waals surface area contributed by atoms with E-state index in [1.54, 1.807) is 24.3 Å². The van der Waals surface area contributed by atoms with Gasteiger partial charge in [0.1, 0.15) is 0 Å². The van der Waals surface area contributed by atoms with Crippen LogP contribution in [-0.2, 0) is 22.3 Å². The van der Waals surface area contributed by atoms with Crippen LogP contribution < -0.4 is 4.72 Å². The third-order valence-electron chi connectivity index (χ3n) is 2.32. The van der Waals surface area contributed by atoms with Gasteiger partial charge in [-0.1, -0.05) is 23.4 Å². The molecule has 2 aromatic rings. The van der Waals surface area contributed by atoms with Crippen LogP contribution in [0.5, 0.6) is 0 Å². The van der Waals surface area contributed by atoms with Gasteiger partial charge >= 0.3 is 0 Å². The fourth-order valence-corrected chi connectivity index (χ4v) is 2.56. The van der Waals surface area contributed by atoms with E-state index in [4.69, 9.17) is 5.26 Å². The van der Waals surface area contributed by atoms with E-state index in [9.17, 15) is 8.42 Å². The van der Waals surface area contributed by atoms with E-state index in [-0.39, 0.29) is 18.1 Å². The minimum absolute atomic E-state index is 0.0481. The molecule has 2 rings (SSSR count). The lowest BCUT2D eigenvalue weighted by Crippen LogP contribution is -2.25. The van der Waals surface area contributed by atoms with Crippen LogP contribution in [0, 0.1) is 11.3 Å². The Morgan fingerprint density at radius 3 is 2.84 bits per heavy atom. The highest BCUT2D eigenvalue weighted by Crippen LogP contribution is 2.10. The minimum atomic E-state index is -3.57. The lowest BCUT2D eigenvalue weighted by atomic mass is 10.1. The molecular weight excluding hydrogens is 268 g/mol. The smallest absolute Gasteiger partial charge is 0.212 e. The molecule has 0 aliphatic carbocycles. The molecule has 0 aliphatic rings. The molecule has 0 bridgehead atoms. The van der Waals surface area contributed by atoms with Crippen LogP contribution in [0.15, 0.2) is 24.3 Å². The predicted molar refractivity (Wildman–Crippen MR) is 64.8 cm³/mol. The zero-order valence-electron chi connectivity index (χ0n) is 9.74. The average molecular weight is 278 g/mol. The molecule has 0 amide bonds. The maximum absolute atomic E-state index is 11.9. The molecule has 0 unspecified atom stereocenters. The number of nitrogens with one attached hydrogen (secondary N) is 2. The minimum Gasteiger partial charge on any atom is -0.212 e. The van der Waals surface area contributed by atoms with Crippen LogP contribution in [0.3, 0.4) is 0 Å². The van der Waals surface area contributed by atoms with Crippen molar-refractivity contribution in [2.75, 3.05) is 0 Å². The van der Waals surface area contributed by atoms with Crippen molar-refractivity contribution >= 4 is 10.0 Å². The maximum Gasteiger partial charge on any atom is 0.216 e. The zero-order valence-corrected chi connectivity index (χ0v) is 10.6. The summed E-state index contributed by atoms with van der Waals surface area (Å²) < 4.78 is 26.1. The number of benzene rings is 1. The first-order valence-electron chi connectivity index (χ1n) is 5.28. The second-order valence-corrected chi connectivity index (χ2v) is 5.48. The summed E-state index contributed by atoms with van der Waals surface area (Å²) >= 11 is 0. The molecular formula is C10H10N6O2S. The Kier molecular flexibility index (Phi) is 3.84. The van der Waals surface area contributed by atoms with Gasteiger partial charge in [-0.05, 0) is 11.6 Å². The van der Waals surface area contributed by atoms with Crippen LogP contribution in [0.1, 0.15) is 17.0 Å². The average Bonchev–Trinajstić information content (AvgIpc) is 2.90. The molecule has 0 saturated heterocycles. The Balaban J connectivity index is 2.07. The second-order valence-electron chi connectivity index (χ2n) is 3.68. The van der Waals surface area contributed by atoms with Gasteiger partial charge in [-0.3, -0.25) is 0 Å². The van der Waals surface area contributed by atoms with Gasteiger partial charge in [0.15, 0.2) is 5.82 Å². The fourth-order valence-electron chi connectivity index (χ4n) is 1.44. The van der Waals surface area contributed by atoms with Crippen molar-refractivity contribution in [3.8, 4) is 6.07 Å². The van der Waals surface area contributed by atoms with Crippen molar-refractivity contribution in [1.82, 2.24) is 25.3 Å². The number of rotatable bonds is 5. The number of H-pyrrole nitrogens is 1. The predicted octanol–water partition coefficient (Wildman–Crippen LogP) is -0.309. The zero-order chi connectivity index (χ0) is 13.7. The summed E-state index contributed by atoms with van der Waals surface area (Å²) in [5.41, 5.74) is 0.790. The topological polar surface area (TPSA) is 124 Å². The van der Waals surface area contributed by atoms with Crippen molar-refractivity contribution in [1.29, 1.82) is 5.26 Å². The van der Waals surface area contributed by atoms with Gasteiger partial charge in [0.2, 0.25) is 10.0 Å². The monoisotopic (exact) mass is 278 g/mol. The Bertz CT molecular complexity index is 689. The maximum atomic E-state index is 11.9. The number of nitrogens with zero attached hydrogens (tertiary/aromatic N) is 4.